The molecule has 2 heterocycles. The van der Waals surface area contributed by atoms with Gasteiger partial charge in [0.1, 0.15) is 17.6 Å². The zero-order valence-corrected chi connectivity index (χ0v) is 17.8. The van der Waals surface area contributed by atoms with E-state index in [1.165, 1.54) is 4.90 Å². The summed E-state index contributed by atoms with van der Waals surface area (Å²) in [6.45, 7) is 2.85. The van der Waals surface area contributed by atoms with Gasteiger partial charge < -0.3 is 19.8 Å². The Bertz CT molecular complexity index is 882. The van der Waals surface area contributed by atoms with E-state index in [9.17, 15) is 24.3 Å². The lowest BCUT2D eigenvalue weighted by Gasteiger charge is -2.45. The van der Waals surface area contributed by atoms with Gasteiger partial charge in [-0.3, -0.25) is 14.4 Å². The molecule has 1 aromatic rings. The van der Waals surface area contributed by atoms with Crippen LogP contribution in [0.15, 0.2) is 30.3 Å². The first-order valence-electron chi connectivity index (χ1n) is 11.1. The van der Waals surface area contributed by atoms with Gasteiger partial charge in [0.25, 0.3) is 0 Å². The van der Waals surface area contributed by atoms with Crippen molar-refractivity contribution in [3.8, 4) is 0 Å². The van der Waals surface area contributed by atoms with Gasteiger partial charge in [0.2, 0.25) is 17.7 Å². The number of likely N-dealkylation sites (tertiary alicyclic amines) is 1. The molecule has 1 aliphatic carbocycles. The van der Waals surface area contributed by atoms with Crippen molar-refractivity contribution in [2.75, 3.05) is 19.6 Å². The molecule has 0 bridgehead atoms. The Hall–Kier alpha value is -2.90. The fourth-order valence-corrected chi connectivity index (χ4v) is 5.01. The van der Waals surface area contributed by atoms with Crippen LogP contribution in [0.25, 0.3) is 0 Å². The molecule has 3 fully saturated rings. The molecule has 8 heteroatoms. The van der Waals surface area contributed by atoms with Crippen LogP contribution in [-0.2, 0) is 25.6 Å². The van der Waals surface area contributed by atoms with Crippen LogP contribution in [0, 0.1) is 0 Å². The second kappa shape index (κ2) is 8.32. The molecule has 0 radical (unpaired) electrons. The topological polar surface area (TPSA) is 98.2 Å². The monoisotopic (exact) mass is 427 g/mol. The van der Waals surface area contributed by atoms with Gasteiger partial charge >= 0.3 is 5.97 Å². The maximum atomic E-state index is 13.6. The van der Waals surface area contributed by atoms with E-state index in [-0.39, 0.29) is 24.3 Å². The van der Waals surface area contributed by atoms with Crippen molar-refractivity contribution >= 4 is 23.7 Å². The highest BCUT2D eigenvalue weighted by Crippen LogP contribution is 2.46. The van der Waals surface area contributed by atoms with Crippen molar-refractivity contribution in [1.82, 2.24) is 14.7 Å². The van der Waals surface area contributed by atoms with Crippen molar-refractivity contribution in [2.45, 2.75) is 63.1 Å². The molecule has 1 saturated carbocycles. The quantitative estimate of drug-likeness (QED) is 0.738. The summed E-state index contributed by atoms with van der Waals surface area (Å²) < 4.78 is 0. The van der Waals surface area contributed by atoms with Gasteiger partial charge in [0.15, 0.2) is 0 Å². The molecule has 1 N–H and O–H groups in total. The molecule has 3 amide bonds. The highest BCUT2D eigenvalue weighted by Gasteiger charge is 2.61. The Kier molecular flexibility index (Phi) is 5.73. The van der Waals surface area contributed by atoms with Crippen LogP contribution in [-0.4, -0.2) is 80.8 Å². The lowest BCUT2D eigenvalue weighted by atomic mass is 9.99. The van der Waals surface area contributed by atoms with Gasteiger partial charge in [0, 0.05) is 32.5 Å². The summed E-state index contributed by atoms with van der Waals surface area (Å²) in [5.41, 5.74) is 0.0919. The smallest absolute Gasteiger partial charge is 0.326 e. The summed E-state index contributed by atoms with van der Waals surface area (Å²) in [4.78, 5) is 56.0. The second-order valence-corrected chi connectivity index (χ2v) is 8.66. The fourth-order valence-electron chi connectivity index (χ4n) is 5.01. The maximum absolute atomic E-state index is 13.6. The first kappa shape index (κ1) is 21.3. The van der Waals surface area contributed by atoms with Crippen molar-refractivity contribution in [3.05, 3.63) is 35.9 Å². The molecule has 1 aromatic carbocycles. The molecule has 166 valence electrons. The molecule has 2 aliphatic heterocycles. The molecule has 1 spiro atoms. The Balaban J connectivity index is 1.63. The Morgan fingerprint density at radius 1 is 1.13 bits per heavy atom. The van der Waals surface area contributed by atoms with E-state index < -0.39 is 23.6 Å². The molecule has 2 saturated heterocycles. The van der Waals surface area contributed by atoms with Crippen LogP contribution in [0.1, 0.15) is 44.6 Å². The highest BCUT2D eigenvalue weighted by molar-refractivity contribution is 5.98. The molecule has 8 nitrogen and oxygen atoms in total. The average molecular weight is 428 g/mol. The Morgan fingerprint density at radius 2 is 1.84 bits per heavy atom. The number of piperazine rings is 1. The van der Waals surface area contributed by atoms with E-state index in [2.05, 4.69) is 0 Å². The molecule has 3 aliphatic rings. The zero-order valence-electron chi connectivity index (χ0n) is 17.8. The number of aliphatic carboxylic acids is 1. The normalized spacial score (nSPS) is 23.2. The summed E-state index contributed by atoms with van der Waals surface area (Å²) >= 11 is 0. The minimum absolute atomic E-state index is 0.0399. The third-order valence-corrected chi connectivity index (χ3v) is 6.82. The number of benzene rings is 1. The lowest BCUT2D eigenvalue weighted by Crippen LogP contribution is -2.65. The number of rotatable bonds is 6. The van der Waals surface area contributed by atoms with Crippen LogP contribution >= 0.6 is 0 Å². The van der Waals surface area contributed by atoms with E-state index in [1.807, 2.05) is 30.3 Å². The van der Waals surface area contributed by atoms with Crippen LogP contribution < -0.4 is 0 Å². The third kappa shape index (κ3) is 3.79. The molecule has 4 rings (SSSR count). The van der Waals surface area contributed by atoms with Gasteiger partial charge in [0.05, 0.1) is 0 Å². The number of carbonyl (C=O) groups excluding carboxylic acids is 3. The summed E-state index contributed by atoms with van der Waals surface area (Å²) in [6.07, 6.45) is 2.96. The number of amides is 3. The SMILES string of the molecule is CCC(=O)N1CCN([C@@H](Cc2ccccc2)C(=O)N2CCC[C@H]2C(=O)O)C(=O)C12CC2. The number of hydrogen-bond acceptors (Lipinski definition) is 4. The number of carboxylic acid groups (broad SMARTS) is 1. The minimum Gasteiger partial charge on any atom is -0.480 e. The molecular weight excluding hydrogens is 398 g/mol. The van der Waals surface area contributed by atoms with E-state index >= 15 is 0 Å². The summed E-state index contributed by atoms with van der Waals surface area (Å²) in [7, 11) is 0. The van der Waals surface area contributed by atoms with Gasteiger partial charge in [-0.1, -0.05) is 37.3 Å². The van der Waals surface area contributed by atoms with E-state index in [0.29, 0.717) is 51.6 Å². The van der Waals surface area contributed by atoms with Crippen molar-refractivity contribution < 1.29 is 24.3 Å². The highest BCUT2D eigenvalue weighted by atomic mass is 16.4. The largest absolute Gasteiger partial charge is 0.480 e. The number of hydrogen-bond donors (Lipinski definition) is 1. The number of carboxylic acids is 1. The van der Waals surface area contributed by atoms with Crippen LogP contribution in [0.2, 0.25) is 0 Å². The Labute approximate surface area is 181 Å². The third-order valence-electron chi connectivity index (χ3n) is 6.82. The average Bonchev–Trinajstić information content (AvgIpc) is 3.39. The van der Waals surface area contributed by atoms with Gasteiger partial charge in [-0.25, -0.2) is 4.79 Å². The second-order valence-electron chi connectivity index (χ2n) is 8.66. The number of nitrogens with zero attached hydrogens (tertiary/aromatic N) is 3. The van der Waals surface area contributed by atoms with Gasteiger partial charge in [-0.15, -0.1) is 0 Å². The summed E-state index contributed by atoms with van der Waals surface area (Å²) in [5.74, 6) is -1.54. The molecule has 31 heavy (non-hydrogen) atoms. The summed E-state index contributed by atoms with van der Waals surface area (Å²) in [6, 6.07) is 7.86. The zero-order chi connectivity index (χ0) is 22.2. The fraction of sp³-hybridized carbons (Fsp3) is 0.565. The van der Waals surface area contributed by atoms with E-state index in [1.54, 1.807) is 16.7 Å². The van der Waals surface area contributed by atoms with Crippen molar-refractivity contribution in [3.63, 3.8) is 0 Å². The molecule has 2 atom stereocenters. The summed E-state index contributed by atoms with van der Waals surface area (Å²) in [5, 5.41) is 9.56. The minimum atomic E-state index is -1.01. The van der Waals surface area contributed by atoms with Gasteiger partial charge in [-0.2, -0.15) is 0 Å². The lowest BCUT2D eigenvalue weighted by molar-refractivity contribution is -0.161. The van der Waals surface area contributed by atoms with Gasteiger partial charge in [-0.05, 0) is 31.2 Å². The molecule has 0 aromatic heterocycles. The first-order valence-corrected chi connectivity index (χ1v) is 11.1. The Morgan fingerprint density at radius 3 is 2.45 bits per heavy atom. The standard InChI is InChI=1S/C23H29N3O5/c1-2-19(27)26-14-13-25(22(31)23(26)10-11-23)18(15-16-7-4-3-5-8-16)20(28)24-12-6-9-17(24)21(29)30/h3-5,7-8,17-18H,2,6,9-15H2,1H3,(H,29,30)/t17-,18-/m0/s1. The maximum Gasteiger partial charge on any atom is 0.326 e. The van der Waals surface area contributed by atoms with Crippen LogP contribution in [0.5, 0.6) is 0 Å². The first-order chi connectivity index (χ1) is 14.9. The van der Waals surface area contributed by atoms with E-state index in [0.717, 1.165) is 5.56 Å². The van der Waals surface area contributed by atoms with Crippen molar-refractivity contribution in [1.29, 1.82) is 0 Å². The van der Waals surface area contributed by atoms with Crippen LogP contribution in [0.3, 0.4) is 0 Å². The molecule has 0 unspecified atom stereocenters. The predicted molar refractivity (Wildman–Crippen MR) is 112 cm³/mol. The van der Waals surface area contributed by atoms with E-state index in [4.69, 9.17) is 0 Å². The van der Waals surface area contributed by atoms with Crippen molar-refractivity contribution in [2.24, 2.45) is 0 Å². The number of carbonyl (C=O) groups is 4. The molecular formula is C23H29N3O5. The predicted octanol–water partition coefficient (Wildman–Crippen LogP) is 1.29. The van der Waals surface area contributed by atoms with Crippen LogP contribution in [0.4, 0.5) is 0 Å².